The van der Waals surface area contributed by atoms with Crippen molar-refractivity contribution in [3.8, 4) is 23.1 Å². The number of methoxy groups -OCH3 is 2. The van der Waals surface area contributed by atoms with E-state index in [0.717, 1.165) is 5.56 Å². The first kappa shape index (κ1) is 21.8. The molecule has 12 heteroatoms. The summed E-state index contributed by atoms with van der Waals surface area (Å²) < 4.78 is 38.6. The molecule has 0 aliphatic rings. The van der Waals surface area contributed by atoms with Gasteiger partial charge < -0.3 is 14.3 Å². The number of guanidine groups is 1. The highest BCUT2D eigenvalue weighted by Crippen LogP contribution is 2.27. The fourth-order valence-electron chi connectivity index (χ4n) is 2.58. The first-order valence-corrected chi connectivity index (χ1v) is 10.3. The molecule has 3 rings (SSSR count). The first-order chi connectivity index (χ1) is 15.0. The van der Waals surface area contributed by atoms with Crippen LogP contribution in [0.5, 0.6) is 12.0 Å². The van der Waals surface area contributed by atoms with E-state index >= 15 is 0 Å². The van der Waals surface area contributed by atoms with Crippen LogP contribution in [0.4, 0.5) is 5.95 Å². The fraction of sp³-hybridized carbons (Fsp3) is 0.158. The van der Waals surface area contributed by atoms with Crippen LogP contribution in [0.2, 0.25) is 0 Å². The summed E-state index contributed by atoms with van der Waals surface area (Å²) in [5, 5.41) is 6.30. The predicted octanol–water partition coefficient (Wildman–Crippen LogP) is 1.86. The minimum absolute atomic E-state index is 0.0385. The van der Waals surface area contributed by atoms with Gasteiger partial charge in [0.2, 0.25) is 5.95 Å². The maximum Gasteiger partial charge on any atom is 0.324 e. The Bertz CT molecular complexity index is 1150. The molecule has 0 aliphatic carbocycles. The van der Waals surface area contributed by atoms with Crippen molar-refractivity contribution in [2.75, 3.05) is 26.6 Å². The number of ether oxygens (including phenoxy) is 2. The first-order valence-electron chi connectivity index (χ1n) is 8.86. The van der Waals surface area contributed by atoms with Gasteiger partial charge in [-0.3, -0.25) is 5.32 Å². The van der Waals surface area contributed by atoms with Crippen molar-refractivity contribution in [1.82, 2.24) is 19.7 Å². The number of oxime groups is 1. The Morgan fingerprint density at radius 3 is 2.10 bits per heavy atom. The van der Waals surface area contributed by atoms with Crippen molar-refractivity contribution in [3.05, 3.63) is 54.6 Å². The molecule has 1 heterocycles. The van der Waals surface area contributed by atoms with Gasteiger partial charge in [-0.25, -0.2) is 13.1 Å². The van der Waals surface area contributed by atoms with E-state index in [1.807, 2.05) is 30.3 Å². The second kappa shape index (κ2) is 9.71. The van der Waals surface area contributed by atoms with Gasteiger partial charge in [-0.1, -0.05) is 48.5 Å². The normalized spacial score (nSPS) is 11.5. The molecule has 162 valence electrons. The van der Waals surface area contributed by atoms with Gasteiger partial charge in [0.1, 0.15) is 7.11 Å². The van der Waals surface area contributed by atoms with Crippen LogP contribution in [0.25, 0.3) is 11.1 Å². The molecule has 11 nitrogen and oxygen atoms in total. The van der Waals surface area contributed by atoms with Crippen LogP contribution >= 0.6 is 0 Å². The predicted molar refractivity (Wildman–Crippen MR) is 113 cm³/mol. The number of nitrogens with zero attached hydrogens (tertiary/aromatic N) is 4. The third-order valence-corrected chi connectivity index (χ3v) is 5.26. The minimum atomic E-state index is -4.07. The van der Waals surface area contributed by atoms with Crippen molar-refractivity contribution in [1.29, 1.82) is 0 Å². The Hall–Kier alpha value is -3.93. The van der Waals surface area contributed by atoms with Crippen LogP contribution in [0.3, 0.4) is 0 Å². The summed E-state index contributed by atoms with van der Waals surface area (Å²) >= 11 is 0. The largest absolute Gasteiger partial charge is 0.467 e. The minimum Gasteiger partial charge on any atom is -0.467 e. The summed E-state index contributed by atoms with van der Waals surface area (Å²) in [7, 11) is -0.0686. The Kier molecular flexibility index (Phi) is 6.82. The van der Waals surface area contributed by atoms with E-state index in [1.54, 1.807) is 18.2 Å². The van der Waals surface area contributed by atoms with Gasteiger partial charge in [-0.15, -0.1) is 4.98 Å². The van der Waals surface area contributed by atoms with Crippen LogP contribution in [0.15, 0.2) is 64.6 Å². The quantitative estimate of drug-likeness (QED) is 0.318. The molecule has 0 atom stereocenters. The van der Waals surface area contributed by atoms with Gasteiger partial charge >= 0.3 is 12.0 Å². The maximum atomic E-state index is 13.2. The zero-order chi connectivity index (χ0) is 22.3. The molecule has 0 aliphatic heterocycles. The van der Waals surface area contributed by atoms with E-state index in [9.17, 15) is 8.42 Å². The van der Waals surface area contributed by atoms with Crippen molar-refractivity contribution in [2.45, 2.75) is 4.90 Å². The second-order valence-corrected chi connectivity index (χ2v) is 7.50. The molecule has 2 aromatic carbocycles. The molecule has 2 N–H and O–H groups in total. The lowest BCUT2D eigenvalue weighted by atomic mass is 10.1. The molecule has 0 spiro atoms. The Labute approximate surface area is 179 Å². The molecule has 0 bridgehead atoms. The highest BCUT2D eigenvalue weighted by atomic mass is 32.2. The van der Waals surface area contributed by atoms with Gasteiger partial charge in [0, 0.05) is 5.56 Å². The van der Waals surface area contributed by atoms with E-state index in [2.05, 4.69) is 30.1 Å². The van der Waals surface area contributed by atoms with Crippen molar-refractivity contribution >= 4 is 21.9 Å². The molecule has 3 aromatic rings. The number of anilines is 1. The molecule has 0 fully saturated rings. The van der Waals surface area contributed by atoms with E-state index in [-0.39, 0.29) is 28.8 Å². The summed E-state index contributed by atoms with van der Waals surface area (Å²) in [6.45, 7) is 0. The van der Waals surface area contributed by atoms with Crippen LogP contribution < -0.4 is 19.5 Å². The summed E-state index contributed by atoms with van der Waals surface area (Å²) in [5.74, 6) is -0.348. The van der Waals surface area contributed by atoms with Crippen LogP contribution in [0, 0.1) is 0 Å². The van der Waals surface area contributed by atoms with Gasteiger partial charge in [-0.05, 0) is 16.8 Å². The van der Waals surface area contributed by atoms with Crippen molar-refractivity contribution in [3.63, 3.8) is 0 Å². The number of nitrogens with one attached hydrogen (secondary N) is 2. The lowest BCUT2D eigenvalue weighted by Gasteiger charge is -2.14. The van der Waals surface area contributed by atoms with E-state index in [1.165, 1.54) is 27.4 Å². The Morgan fingerprint density at radius 1 is 0.871 bits per heavy atom. The average molecular weight is 444 g/mol. The van der Waals surface area contributed by atoms with Crippen LogP contribution in [0.1, 0.15) is 0 Å². The number of sulfonamides is 1. The molecular weight excluding hydrogens is 424 g/mol. The zero-order valence-corrected chi connectivity index (χ0v) is 17.8. The van der Waals surface area contributed by atoms with Crippen molar-refractivity contribution < 1.29 is 22.7 Å². The lowest BCUT2D eigenvalue weighted by Crippen LogP contribution is -2.36. The molecule has 31 heavy (non-hydrogen) atoms. The molecule has 0 saturated carbocycles. The van der Waals surface area contributed by atoms with Crippen LogP contribution in [-0.4, -0.2) is 50.7 Å². The smallest absolute Gasteiger partial charge is 0.324 e. The van der Waals surface area contributed by atoms with Crippen molar-refractivity contribution in [2.24, 2.45) is 5.16 Å². The third kappa shape index (κ3) is 5.36. The van der Waals surface area contributed by atoms with Crippen LogP contribution in [-0.2, 0) is 14.9 Å². The van der Waals surface area contributed by atoms with Gasteiger partial charge in [0.15, 0.2) is 0 Å². The number of hydrogen-bond acceptors (Lipinski definition) is 9. The zero-order valence-electron chi connectivity index (χ0n) is 16.9. The summed E-state index contributed by atoms with van der Waals surface area (Å²) in [4.78, 5) is 16.6. The standard InChI is InChI=1S/C19H20N6O5S/c1-28-18-21-16(22-19(23-18)29-2)20-17(24-30-3)25-31(26,27)15-12-8-7-11-14(15)13-9-5-4-6-10-13/h4-12H,1-3H3,(H2,20,21,22,23,24,25). The topological polar surface area (TPSA) is 137 Å². The molecule has 0 saturated heterocycles. The Morgan fingerprint density at radius 2 is 1.48 bits per heavy atom. The number of rotatable bonds is 7. The maximum absolute atomic E-state index is 13.2. The van der Waals surface area contributed by atoms with Gasteiger partial charge in [0.05, 0.1) is 19.1 Å². The number of aromatic nitrogens is 3. The monoisotopic (exact) mass is 444 g/mol. The summed E-state index contributed by atoms with van der Waals surface area (Å²) in [6.07, 6.45) is 0. The second-order valence-electron chi connectivity index (χ2n) is 5.85. The third-order valence-electron chi connectivity index (χ3n) is 3.86. The number of hydrogen-bond donors (Lipinski definition) is 2. The SMILES string of the molecule is CO/N=C(/Nc1nc(OC)nc(OC)n1)NS(=O)(=O)c1ccccc1-c1ccccc1. The van der Waals surface area contributed by atoms with E-state index < -0.39 is 10.0 Å². The lowest BCUT2D eigenvalue weighted by molar-refractivity contribution is 0.212. The summed E-state index contributed by atoms with van der Waals surface area (Å²) in [6, 6.07) is 15.7. The molecule has 1 aromatic heterocycles. The highest BCUT2D eigenvalue weighted by molar-refractivity contribution is 7.90. The molecule has 0 unspecified atom stereocenters. The average Bonchev–Trinajstić information content (AvgIpc) is 2.79. The van der Waals surface area contributed by atoms with E-state index in [0.29, 0.717) is 5.56 Å². The highest BCUT2D eigenvalue weighted by Gasteiger charge is 2.22. The number of benzene rings is 2. The molecule has 0 amide bonds. The summed E-state index contributed by atoms with van der Waals surface area (Å²) in [5.41, 5.74) is 1.27. The molecule has 0 radical (unpaired) electrons. The van der Waals surface area contributed by atoms with Gasteiger partial charge in [0.25, 0.3) is 16.0 Å². The Balaban J connectivity index is 1.93. The molecular formula is C19H20N6O5S. The van der Waals surface area contributed by atoms with E-state index in [4.69, 9.17) is 14.3 Å². The fourth-order valence-corrected chi connectivity index (χ4v) is 3.77. The van der Waals surface area contributed by atoms with Gasteiger partial charge in [-0.2, -0.15) is 9.97 Å².